The molecule has 3 rings (SSSR count). The Labute approximate surface area is 119 Å². The van der Waals surface area contributed by atoms with E-state index < -0.39 is 0 Å². The van der Waals surface area contributed by atoms with Crippen molar-refractivity contribution < 1.29 is 4.39 Å². The highest BCUT2D eigenvalue weighted by Crippen LogP contribution is 2.40. The summed E-state index contributed by atoms with van der Waals surface area (Å²) in [5, 5.41) is 3.34. The molecule has 104 valence electrons. The lowest BCUT2D eigenvalue weighted by molar-refractivity contribution is 0.467. The number of likely N-dealkylation sites (N-methyl/N-ethyl adjacent to an activating group) is 1. The lowest BCUT2D eigenvalue weighted by Gasteiger charge is -2.24. The Balaban J connectivity index is 1.97. The molecule has 2 aromatic rings. The van der Waals surface area contributed by atoms with Gasteiger partial charge in [0.05, 0.1) is 0 Å². The fraction of sp³-hybridized carbons (Fsp3) is 0.353. The van der Waals surface area contributed by atoms with Gasteiger partial charge in [-0.15, -0.1) is 0 Å². The van der Waals surface area contributed by atoms with E-state index in [2.05, 4.69) is 16.4 Å². The number of halogens is 1. The van der Waals surface area contributed by atoms with E-state index in [1.807, 2.05) is 31.4 Å². The van der Waals surface area contributed by atoms with Crippen LogP contribution in [0.4, 0.5) is 4.39 Å². The molecule has 20 heavy (non-hydrogen) atoms. The summed E-state index contributed by atoms with van der Waals surface area (Å²) >= 11 is 0. The second-order valence-electron chi connectivity index (χ2n) is 5.47. The maximum Gasteiger partial charge on any atom is 0.126 e. The van der Waals surface area contributed by atoms with E-state index in [1.165, 1.54) is 5.56 Å². The number of benzene rings is 1. The molecule has 3 heteroatoms. The summed E-state index contributed by atoms with van der Waals surface area (Å²) in [6, 6.07) is 9.76. The highest BCUT2D eigenvalue weighted by Gasteiger charge is 2.31. The van der Waals surface area contributed by atoms with Gasteiger partial charge in [0, 0.05) is 23.9 Å². The van der Waals surface area contributed by atoms with Crippen molar-refractivity contribution in [1.29, 1.82) is 0 Å². The first-order valence-corrected chi connectivity index (χ1v) is 7.08. The van der Waals surface area contributed by atoms with Crippen LogP contribution in [0.1, 0.15) is 40.8 Å². The van der Waals surface area contributed by atoms with E-state index >= 15 is 0 Å². The molecular formula is C17H19FN2. The number of rotatable bonds is 3. The standard InChI is InChI=1S/C17H19FN2/c1-11-5-6-13(10-15(11)18)16(19-2)14-8-7-12-4-3-9-20-17(12)14/h3-6,9-10,14,16,19H,7-8H2,1-2H3. The van der Waals surface area contributed by atoms with Gasteiger partial charge in [-0.25, -0.2) is 4.39 Å². The molecule has 2 nitrogen and oxygen atoms in total. The minimum atomic E-state index is -0.137. The largest absolute Gasteiger partial charge is 0.312 e. The topological polar surface area (TPSA) is 24.9 Å². The summed E-state index contributed by atoms with van der Waals surface area (Å²) in [4.78, 5) is 4.54. The van der Waals surface area contributed by atoms with Crippen LogP contribution in [0.25, 0.3) is 0 Å². The number of fused-ring (bicyclic) bond motifs is 1. The van der Waals surface area contributed by atoms with Gasteiger partial charge in [-0.1, -0.05) is 18.2 Å². The molecule has 0 fully saturated rings. The van der Waals surface area contributed by atoms with Gasteiger partial charge in [0.1, 0.15) is 5.82 Å². The lowest BCUT2D eigenvalue weighted by atomic mass is 9.90. The molecule has 0 saturated heterocycles. The molecule has 0 saturated carbocycles. The SMILES string of the molecule is CNC(c1ccc(C)c(F)c1)C1CCc2cccnc21. The van der Waals surface area contributed by atoms with Crippen molar-refractivity contribution in [2.24, 2.45) is 0 Å². The van der Waals surface area contributed by atoms with E-state index in [4.69, 9.17) is 0 Å². The summed E-state index contributed by atoms with van der Waals surface area (Å²) in [7, 11) is 1.93. The fourth-order valence-electron chi connectivity index (χ4n) is 3.17. The molecule has 1 aliphatic carbocycles. The van der Waals surface area contributed by atoms with Crippen molar-refractivity contribution in [1.82, 2.24) is 10.3 Å². The molecule has 1 heterocycles. The summed E-state index contributed by atoms with van der Waals surface area (Å²) < 4.78 is 13.8. The summed E-state index contributed by atoms with van der Waals surface area (Å²) in [5.74, 6) is 0.181. The Kier molecular flexibility index (Phi) is 3.53. The average molecular weight is 270 g/mol. The normalized spacial score (nSPS) is 18.9. The third kappa shape index (κ3) is 2.22. The van der Waals surface area contributed by atoms with Gasteiger partial charge in [0.25, 0.3) is 0 Å². The van der Waals surface area contributed by atoms with E-state index in [0.29, 0.717) is 11.5 Å². The number of aromatic nitrogens is 1. The minimum Gasteiger partial charge on any atom is -0.312 e. The Morgan fingerprint density at radius 1 is 1.35 bits per heavy atom. The molecule has 2 unspecified atom stereocenters. The van der Waals surface area contributed by atoms with Crippen LogP contribution < -0.4 is 5.32 Å². The van der Waals surface area contributed by atoms with E-state index in [9.17, 15) is 4.39 Å². The van der Waals surface area contributed by atoms with Crippen LogP contribution in [0.2, 0.25) is 0 Å². The van der Waals surface area contributed by atoms with E-state index in [0.717, 1.165) is 24.1 Å². The summed E-state index contributed by atoms with van der Waals surface area (Å²) in [6.07, 6.45) is 3.97. The van der Waals surface area contributed by atoms with Gasteiger partial charge < -0.3 is 5.32 Å². The molecule has 0 aliphatic heterocycles. The van der Waals surface area contributed by atoms with Gasteiger partial charge in [0.15, 0.2) is 0 Å². The molecule has 1 aliphatic rings. The van der Waals surface area contributed by atoms with Crippen LogP contribution in [0.3, 0.4) is 0 Å². The van der Waals surface area contributed by atoms with Crippen LogP contribution in [-0.2, 0) is 6.42 Å². The van der Waals surface area contributed by atoms with Gasteiger partial charge in [-0.3, -0.25) is 4.98 Å². The van der Waals surface area contributed by atoms with Gasteiger partial charge in [-0.2, -0.15) is 0 Å². The van der Waals surface area contributed by atoms with E-state index in [-0.39, 0.29) is 11.9 Å². The van der Waals surface area contributed by atoms with Gasteiger partial charge in [-0.05, 0) is 55.6 Å². The zero-order valence-electron chi connectivity index (χ0n) is 11.9. The van der Waals surface area contributed by atoms with Crippen molar-refractivity contribution in [3.63, 3.8) is 0 Å². The van der Waals surface area contributed by atoms with E-state index in [1.54, 1.807) is 13.0 Å². The Bertz CT molecular complexity index is 624. The highest BCUT2D eigenvalue weighted by molar-refractivity contribution is 5.34. The molecule has 0 bridgehead atoms. The first kappa shape index (κ1) is 13.3. The maximum absolute atomic E-state index is 13.8. The highest BCUT2D eigenvalue weighted by atomic mass is 19.1. The predicted octanol–water partition coefficient (Wildman–Crippen LogP) is 3.52. The van der Waals surface area contributed by atoms with Crippen molar-refractivity contribution >= 4 is 0 Å². The minimum absolute atomic E-state index is 0.112. The summed E-state index contributed by atoms with van der Waals surface area (Å²) in [5.41, 5.74) is 4.17. The quantitative estimate of drug-likeness (QED) is 0.923. The van der Waals surface area contributed by atoms with Crippen LogP contribution in [0, 0.1) is 12.7 Å². The van der Waals surface area contributed by atoms with Crippen molar-refractivity contribution in [2.75, 3.05) is 7.05 Å². The van der Waals surface area contributed by atoms with Crippen molar-refractivity contribution in [2.45, 2.75) is 31.7 Å². The predicted molar refractivity (Wildman–Crippen MR) is 78.2 cm³/mol. The molecule has 0 spiro atoms. The Morgan fingerprint density at radius 2 is 2.20 bits per heavy atom. The van der Waals surface area contributed by atoms with Gasteiger partial charge in [0.2, 0.25) is 0 Å². The Morgan fingerprint density at radius 3 is 2.95 bits per heavy atom. The lowest BCUT2D eigenvalue weighted by Crippen LogP contribution is -2.23. The second-order valence-corrected chi connectivity index (χ2v) is 5.47. The van der Waals surface area contributed by atoms with Crippen molar-refractivity contribution in [3.8, 4) is 0 Å². The summed E-state index contributed by atoms with van der Waals surface area (Å²) in [6.45, 7) is 1.79. The number of hydrogen-bond donors (Lipinski definition) is 1. The second kappa shape index (κ2) is 5.33. The number of pyridine rings is 1. The first-order valence-electron chi connectivity index (χ1n) is 7.08. The number of aryl methyl sites for hydroxylation is 2. The fourth-order valence-corrected chi connectivity index (χ4v) is 3.17. The van der Waals surface area contributed by atoms with Crippen LogP contribution in [0.15, 0.2) is 36.5 Å². The monoisotopic (exact) mass is 270 g/mol. The zero-order chi connectivity index (χ0) is 14.1. The molecule has 1 aromatic heterocycles. The van der Waals surface area contributed by atoms with Crippen LogP contribution >= 0.6 is 0 Å². The van der Waals surface area contributed by atoms with Crippen LogP contribution in [0.5, 0.6) is 0 Å². The number of nitrogens with one attached hydrogen (secondary N) is 1. The maximum atomic E-state index is 13.8. The number of hydrogen-bond acceptors (Lipinski definition) is 2. The van der Waals surface area contributed by atoms with Gasteiger partial charge >= 0.3 is 0 Å². The smallest absolute Gasteiger partial charge is 0.126 e. The third-order valence-corrected chi connectivity index (χ3v) is 4.27. The average Bonchev–Trinajstić information content (AvgIpc) is 2.88. The molecule has 0 amide bonds. The molecular weight excluding hydrogens is 251 g/mol. The van der Waals surface area contributed by atoms with Crippen LogP contribution in [-0.4, -0.2) is 12.0 Å². The molecule has 2 atom stereocenters. The molecule has 0 radical (unpaired) electrons. The molecule has 1 aromatic carbocycles. The zero-order valence-corrected chi connectivity index (χ0v) is 11.9. The number of nitrogens with zero attached hydrogens (tertiary/aromatic N) is 1. The third-order valence-electron chi connectivity index (χ3n) is 4.27. The molecule has 1 N–H and O–H groups in total. The van der Waals surface area contributed by atoms with Crippen molar-refractivity contribution in [3.05, 3.63) is 64.7 Å². The first-order chi connectivity index (χ1) is 9.70. The Hall–Kier alpha value is -1.74.